The first kappa shape index (κ1) is 21.2. The molecule has 7 nitrogen and oxygen atoms in total. The Hall–Kier alpha value is -4.00. The average molecular weight is 429 g/mol. The molecule has 0 aliphatic heterocycles. The molecule has 3 aromatic carbocycles. The van der Waals surface area contributed by atoms with Crippen molar-refractivity contribution in [2.45, 2.75) is 32.9 Å². The number of carbonyl (C=O) groups excluding carboxylic acids is 1. The minimum atomic E-state index is -0.997. The molecule has 0 aliphatic rings. The fourth-order valence-corrected chi connectivity index (χ4v) is 3.43. The molecule has 1 heterocycles. The topological polar surface area (TPSA) is 94.3 Å². The Labute approximate surface area is 185 Å². The number of benzene rings is 3. The summed E-state index contributed by atoms with van der Waals surface area (Å²) in [5.41, 5.74) is 4.13. The van der Waals surface area contributed by atoms with E-state index in [2.05, 4.69) is 10.3 Å². The first-order valence-electron chi connectivity index (χ1n) is 10.2. The van der Waals surface area contributed by atoms with E-state index in [9.17, 15) is 9.59 Å². The van der Waals surface area contributed by atoms with Crippen molar-refractivity contribution < 1.29 is 19.4 Å². The summed E-state index contributed by atoms with van der Waals surface area (Å²) in [5, 5.41) is 17.4. The van der Waals surface area contributed by atoms with E-state index < -0.39 is 11.6 Å². The van der Waals surface area contributed by atoms with Crippen LogP contribution in [-0.2, 0) is 11.3 Å². The molecule has 162 valence electrons. The van der Waals surface area contributed by atoms with Gasteiger partial charge in [-0.05, 0) is 61.7 Å². The van der Waals surface area contributed by atoms with Gasteiger partial charge in [-0.1, -0.05) is 47.7 Å². The van der Waals surface area contributed by atoms with Gasteiger partial charge in [0.25, 0.3) is 0 Å². The van der Waals surface area contributed by atoms with Gasteiger partial charge in [0.1, 0.15) is 11.1 Å². The minimum Gasteiger partial charge on any atom is -0.478 e. The molecule has 0 radical (unpaired) electrons. The van der Waals surface area contributed by atoms with Crippen molar-refractivity contribution in [2.75, 3.05) is 0 Å². The van der Waals surface area contributed by atoms with Crippen molar-refractivity contribution in [2.24, 2.45) is 0 Å². The molecule has 0 aliphatic carbocycles. The maximum absolute atomic E-state index is 12.6. The molecular formula is C25H23N3O4. The number of aromatic nitrogens is 3. The third-order valence-electron chi connectivity index (χ3n) is 4.90. The summed E-state index contributed by atoms with van der Waals surface area (Å²) in [4.78, 5) is 23.8. The Balaban J connectivity index is 1.58. The number of hydrogen-bond donors (Lipinski definition) is 1. The molecule has 0 saturated heterocycles. The molecule has 0 spiro atoms. The molecule has 0 amide bonds. The first-order chi connectivity index (χ1) is 15.2. The summed E-state index contributed by atoms with van der Waals surface area (Å²) < 4.78 is 7.28. The second-order valence-electron chi connectivity index (χ2n) is 8.50. The van der Waals surface area contributed by atoms with Crippen LogP contribution in [0.25, 0.3) is 22.2 Å². The van der Waals surface area contributed by atoms with E-state index in [-0.39, 0.29) is 11.5 Å². The normalized spacial score (nSPS) is 11.5. The molecule has 0 unspecified atom stereocenters. The zero-order chi connectivity index (χ0) is 22.9. The number of carbonyl (C=O) groups is 2. The van der Waals surface area contributed by atoms with Gasteiger partial charge in [0.2, 0.25) is 0 Å². The fraction of sp³-hybridized carbons (Fsp3) is 0.200. The van der Waals surface area contributed by atoms with Gasteiger partial charge in [0.05, 0.1) is 23.2 Å². The lowest BCUT2D eigenvalue weighted by atomic mass is 9.98. The third-order valence-corrected chi connectivity index (χ3v) is 4.90. The van der Waals surface area contributed by atoms with E-state index in [1.54, 1.807) is 22.9 Å². The molecule has 0 atom stereocenters. The summed E-state index contributed by atoms with van der Waals surface area (Å²) in [6.07, 6.45) is 0. The summed E-state index contributed by atoms with van der Waals surface area (Å²) in [7, 11) is 0. The number of aromatic carboxylic acids is 1. The molecule has 0 bridgehead atoms. The van der Waals surface area contributed by atoms with Crippen LogP contribution in [0.2, 0.25) is 0 Å². The maximum Gasteiger partial charge on any atom is 0.339 e. The number of nitrogens with zero attached hydrogens (tertiary/aromatic N) is 3. The van der Waals surface area contributed by atoms with Crippen LogP contribution in [-0.4, -0.2) is 37.6 Å². The van der Waals surface area contributed by atoms with E-state index in [0.29, 0.717) is 17.6 Å². The van der Waals surface area contributed by atoms with Gasteiger partial charge in [-0.3, -0.25) is 0 Å². The van der Waals surface area contributed by atoms with Gasteiger partial charge in [-0.25, -0.2) is 14.3 Å². The van der Waals surface area contributed by atoms with Crippen molar-refractivity contribution in [3.8, 4) is 11.1 Å². The SMILES string of the molecule is CC(C)(C)OC(=O)c1ccccc1-c1ccc(Cn2nnc3cc(C(=O)O)ccc32)cc1. The van der Waals surface area contributed by atoms with Crippen LogP contribution in [0.1, 0.15) is 47.1 Å². The second kappa shape index (κ2) is 8.26. The summed E-state index contributed by atoms with van der Waals surface area (Å²) in [5.74, 6) is -1.35. The maximum atomic E-state index is 12.6. The largest absolute Gasteiger partial charge is 0.478 e. The van der Waals surface area contributed by atoms with Gasteiger partial charge in [-0.2, -0.15) is 0 Å². The van der Waals surface area contributed by atoms with E-state index >= 15 is 0 Å². The lowest BCUT2D eigenvalue weighted by molar-refractivity contribution is 0.00702. The standard InChI is InChI=1S/C25H23N3O4/c1-25(2,3)32-24(31)20-7-5-4-6-19(20)17-10-8-16(9-11-17)15-28-22-13-12-18(23(29)30)14-21(22)26-27-28/h4-14H,15H2,1-3H3,(H,29,30). The second-order valence-corrected chi connectivity index (χ2v) is 8.50. The van der Waals surface area contributed by atoms with Crippen LogP contribution in [0.4, 0.5) is 0 Å². The molecule has 7 heteroatoms. The smallest absolute Gasteiger partial charge is 0.339 e. The highest BCUT2D eigenvalue weighted by Crippen LogP contribution is 2.26. The average Bonchev–Trinajstić information content (AvgIpc) is 3.15. The lowest BCUT2D eigenvalue weighted by Gasteiger charge is -2.20. The number of carboxylic acids is 1. The number of esters is 1. The minimum absolute atomic E-state index is 0.178. The van der Waals surface area contributed by atoms with Gasteiger partial charge in [0, 0.05) is 0 Å². The van der Waals surface area contributed by atoms with Crippen molar-refractivity contribution in [1.29, 1.82) is 0 Å². The number of fused-ring (bicyclic) bond motifs is 1. The van der Waals surface area contributed by atoms with Crippen molar-refractivity contribution in [3.05, 3.63) is 83.4 Å². The monoisotopic (exact) mass is 429 g/mol. The zero-order valence-corrected chi connectivity index (χ0v) is 18.1. The Morgan fingerprint density at radius 2 is 1.72 bits per heavy atom. The fourth-order valence-electron chi connectivity index (χ4n) is 3.43. The number of rotatable bonds is 5. The highest BCUT2D eigenvalue weighted by Gasteiger charge is 2.20. The van der Waals surface area contributed by atoms with Gasteiger partial charge < -0.3 is 9.84 Å². The van der Waals surface area contributed by atoms with Crippen LogP contribution in [0.5, 0.6) is 0 Å². The molecule has 1 N–H and O–H groups in total. The zero-order valence-electron chi connectivity index (χ0n) is 18.1. The van der Waals surface area contributed by atoms with Gasteiger partial charge in [0.15, 0.2) is 0 Å². The van der Waals surface area contributed by atoms with Crippen molar-refractivity contribution >= 4 is 23.0 Å². The number of hydrogen-bond acceptors (Lipinski definition) is 5. The lowest BCUT2D eigenvalue weighted by Crippen LogP contribution is -2.24. The molecule has 4 rings (SSSR count). The Morgan fingerprint density at radius 1 is 1.00 bits per heavy atom. The predicted molar refractivity (Wildman–Crippen MR) is 121 cm³/mol. The Morgan fingerprint density at radius 3 is 2.41 bits per heavy atom. The molecule has 1 aromatic heterocycles. The van der Waals surface area contributed by atoms with E-state index in [0.717, 1.165) is 22.2 Å². The van der Waals surface area contributed by atoms with Gasteiger partial charge in [-0.15, -0.1) is 5.10 Å². The van der Waals surface area contributed by atoms with Crippen LogP contribution >= 0.6 is 0 Å². The van der Waals surface area contributed by atoms with Crippen LogP contribution in [0, 0.1) is 0 Å². The Kier molecular flexibility index (Phi) is 5.48. The van der Waals surface area contributed by atoms with E-state index in [1.807, 2.05) is 63.2 Å². The highest BCUT2D eigenvalue weighted by molar-refractivity contribution is 5.97. The van der Waals surface area contributed by atoms with Crippen molar-refractivity contribution in [3.63, 3.8) is 0 Å². The molecule has 32 heavy (non-hydrogen) atoms. The molecular weight excluding hydrogens is 406 g/mol. The van der Waals surface area contributed by atoms with Gasteiger partial charge >= 0.3 is 11.9 Å². The molecule has 4 aromatic rings. The van der Waals surface area contributed by atoms with Crippen LogP contribution in [0.15, 0.2) is 66.7 Å². The summed E-state index contributed by atoms with van der Waals surface area (Å²) in [6, 6.07) is 20.0. The van der Waals surface area contributed by atoms with Crippen LogP contribution < -0.4 is 0 Å². The molecule has 0 fully saturated rings. The Bertz CT molecular complexity index is 1300. The molecule has 0 saturated carbocycles. The number of carboxylic acid groups (broad SMARTS) is 1. The first-order valence-corrected chi connectivity index (χ1v) is 10.2. The third kappa shape index (κ3) is 4.51. The van der Waals surface area contributed by atoms with Crippen molar-refractivity contribution in [1.82, 2.24) is 15.0 Å². The predicted octanol–water partition coefficient (Wildman–Crippen LogP) is 4.80. The van der Waals surface area contributed by atoms with Crippen LogP contribution in [0.3, 0.4) is 0 Å². The quantitative estimate of drug-likeness (QED) is 0.458. The number of ether oxygens (including phenoxy) is 1. The highest BCUT2D eigenvalue weighted by atomic mass is 16.6. The summed E-state index contributed by atoms with van der Waals surface area (Å²) >= 11 is 0. The van der Waals surface area contributed by atoms with E-state index in [4.69, 9.17) is 9.84 Å². The summed E-state index contributed by atoms with van der Waals surface area (Å²) in [6.45, 7) is 6.02. The van der Waals surface area contributed by atoms with E-state index in [1.165, 1.54) is 6.07 Å².